The van der Waals surface area contributed by atoms with Crippen LogP contribution in [0.1, 0.15) is 35.1 Å². The number of phenolic OH excluding ortho intramolecular Hbond substituents is 1. The van der Waals surface area contributed by atoms with Crippen LogP contribution in [0, 0.1) is 0 Å². The maximum atomic E-state index is 10.0. The van der Waals surface area contributed by atoms with Gasteiger partial charge in [-0.3, -0.25) is 0 Å². The van der Waals surface area contributed by atoms with Gasteiger partial charge < -0.3 is 5.11 Å². The zero-order valence-corrected chi connectivity index (χ0v) is 14.6. The molecule has 1 aliphatic carbocycles. The number of aromatic hydroxyl groups is 1. The molecule has 3 aromatic carbocycles. The van der Waals surface area contributed by atoms with Crippen LogP contribution >= 0.6 is 11.6 Å². The largest absolute Gasteiger partial charge is 0.508 e. The van der Waals surface area contributed by atoms with E-state index >= 15 is 0 Å². The highest BCUT2D eigenvalue weighted by Gasteiger charge is 2.21. The first-order valence-corrected chi connectivity index (χ1v) is 8.97. The zero-order valence-electron chi connectivity index (χ0n) is 13.9. The minimum Gasteiger partial charge on any atom is -0.508 e. The topological polar surface area (TPSA) is 20.2 Å². The number of aryl methyl sites for hydroxylation is 1. The first kappa shape index (κ1) is 16.0. The van der Waals surface area contributed by atoms with Crippen LogP contribution in [0.5, 0.6) is 5.75 Å². The van der Waals surface area contributed by atoms with E-state index in [9.17, 15) is 5.11 Å². The van der Waals surface area contributed by atoms with Gasteiger partial charge in [0.25, 0.3) is 0 Å². The second-order valence-electron chi connectivity index (χ2n) is 6.39. The molecule has 0 bridgehead atoms. The van der Waals surface area contributed by atoms with Gasteiger partial charge in [0.15, 0.2) is 0 Å². The van der Waals surface area contributed by atoms with Crippen LogP contribution in [-0.4, -0.2) is 5.11 Å². The van der Waals surface area contributed by atoms with Gasteiger partial charge in [-0.25, -0.2) is 0 Å². The fraction of sp³-hybridized carbons (Fsp3) is 0.130. The van der Waals surface area contributed by atoms with Crippen molar-refractivity contribution in [3.05, 3.63) is 100 Å². The van der Waals surface area contributed by atoms with Crippen molar-refractivity contribution < 1.29 is 5.11 Å². The van der Waals surface area contributed by atoms with Gasteiger partial charge in [-0.1, -0.05) is 66.2 Å². The summed E-state index contributed by atoms with van der Waals surface area (Å²) in [6.07, 6.45) is 3.09. The molecule has 0 fully saturated rings. The molecule has 0 saturated heterocycles. The van der Waals surface area contributed by atoms with E-state index < -0.39 is 0 Å². The highest BCUT2D eigenvalue weighted by Crippen LogP contribution is 2.41. The third-order valence-corrected chi connectivity index (χ3v) is 5.12. The predicted molar refractivity (Wildman–Crippen MR) is 105 cm³/mol. The van der Waals surface area contributed by atoms with Crippen LogP contribution in [0.25, 0.3) is 11.1 Å². The minimum absolute atomic E-state index is 0.283. The van der Waals surface area contributed by atoms with Gasteiger partial charge >= 0.3 is 0 Å². The molecule has 0 saturated carbocycles. The summed E-state index contributed by atoms with van der Waals surface area (Å²) in [6, 6.07) is 24.1. The van der Waals surface area contributed by atoms with Gasteiger partial charge in [-0.15, -0.1) is 0 Å². The molecular weight excluding hydrogens is 328 g/mol. The summed E-state index contributed by atoms with van der Waals surface area (Å²) in [7, 11) is 0. The fourth-order valence-corrected chi connectivity index (χ4v) is 3.94. The minimum atomic E-state index is 0.283. The summed E-state index contributed by atoms with van der Waals surface area (Å²) in [5.41, 5.74) is 7.13. The van der Waals surface area contributed by atoms with Gasteiger partial charge in [0.1, 0.15) is 5.75 Å². The lowest BCUT2D eigenvalue weighted by molar-refractivity contribution is 0.475. The Hall–Kier alpha value is -2.51. The quantitative estimate of drug-likeness (QED) is 0.574. The van der Waals surface area contributed by atoms with E-state index in [1.165, 1.54) is 22.3 Å². The van der Waals surface area contributed by atoms with Crippen LogP contribution in [0.3, 0.4) is 0 Å². The van der Waals surface area contributed by atoms with Crippen LogP contribution in [-0.2, 0) is 6.42 Å². The van der Waals surface area contributed by atoms with Crippen LogP contribution in [0.4, 0.5) is 0 Å². The third kappa shape index (κ3) is 3.08. The van der Waals surface area contributed by atoms with Crippen molar-refractivity contribution in [2.24, 2.45) is 0 Å². The van der Waals surface area contributed by atoms with Crippen molar-refractivity contribution in [3.63, 3.8) is 0 Å². The standard InChI is InChI=1S/C23H19ClO/c24-22-14-4-3-12-20(22)21-13-6-8-16-7-1-2-11-19(16)23(21)17-9-5-10-18(25)15-17/h1-5,7,9-12,14-15,25H,6,8,13H2. The van der Waals surface area contributed by atoms with Crippen molar-refractivity contribution in [1.82, 2.24) is 0 Å². The summed E-state index contributed by atoms with van der Waals surface area (Å²) >= 11 is 6.54. The molecule has 1 aliphatic rings. The van der Waals surface area contributed by atoms with Crippen LogP contribution in [0.2, 0.25) is 5.02 Å². The Balaban J connectivity index is 2.05. The van der Waals surface area contributed by atoms with Crippen molar-refractivity contribution >= 4 is 22.7 Å². The van der Waals surface area contributed by atoms with Gasteiger partial charge in [0.2, 0.25) is 0 Å². The van der Waals surface area contributed by atoms with Gasteiger partial charge in [-0.2, -0.15) is 0 Å². The predicted octanol–water partition coefficient (Wildman–Crippen LogP) is 6.34. The van der Waals surface area contributed by atoms with Crippen LogP contribution in [0.15, 0.2) is 72.8 Å². The molecule has 2 heteroatoms. The summed E-state index contributed by atoms with van der Waals surface area (Å²) in [5, 5.41) is 10.8. The van der Waals surface area contributed by atoms with E-state index in [0.717, 1.165) is 35.4 Å². The van der Waals surface area contributed by atoms with Gasteiger partial charge in [0.05, 0.1) is 0 Å². The van der Waals surface area contributed by atoms with Crippen molar-refractivity contribution in [3.8, 4) is 5.75 Å². The van der Waals surface area contributed by atoms with E-state index in [1.54, 1.807) is 6.07 Å². The van der Waals surface area contributed by atoms with Crippen molar-refractivity contribution in [2.75, 3.05) is 0 Å². The average Bonchev–Trinajstić information content (AvgIpc) is 2.81. The maximum absolute atomic E-state index is 10.0. The molecule has 0 aliphatic heterocycles. The number of halogens is 1. The molecule has 25 heavy (non-hydrogen) atoms. The second kappa shape index (κ2) is 6.78. The number of fused-ring (bicyclic) bond motifs is 1. The molecule has 3 aromatic rings. The molecular formula is C23H19ClO. The highest BCUT2D eigenvalue weighted by molar-refractivity contribution is 6.32. The molecule has 0 aromatic heterocycles. The Morgan fingerprint density at radius 1 is 0.760 bits per heavy atom. The van der Waals surface area contributed by atoms with E-state index in [4.69, 9.17) is 11.6 Å². The molecule has 0 heterocycles. The lowest BCUT2D eigenvalue weighted by Gasteiger charge is -2.17. The SMILES string of the molecule is Oc1cccc(C2=C(c3ccccc3Cl)CCCc3ccccc32)c1. The summed E-state index contributed by atoms with van der Waals surface area (Å²) < 4.78 is 0. The molecule has 1 N–H and O–H groups in total. The molecule has 0 amide bonds. The Labute approximate surface area is 153 Å². The first-order valence-electron chi connectivity index (χ1n) is 8.60. The van der Waals surface area contributed by atoms with Crippen molar-refractivity contribution in [1.29, 1.82) is 0 Å². The lowest BCUT2D eigenvalue weighted by Crippen LogP contribution is -1.96. The molecule has 0 radical (unpaired) electrons. The molecule has 0 atom stereocenters. The lowest BCUT2D eigenvalue weighted by atomic mass is 9.88. The number of hydrogen-bond donors (Lipinski definition) is 1. The van der Waals surface area contributed by atoms with Crippen molar-refractivity contribution in [2.45, 2.75) is 19.3 Å². The molecule has 1 nitrogen and oxygen atoms in total. The number of benzene rings is 3. The summed E-state index contributed by atoms with van der Waals surface area (Å²) in [6.45, 7) is 0. The molecule has 0 unspecified atom stereocenters. The Bertz CT molecular complexity index is 956. The normalized spacial score (nSPS) is 14.1. The summed E-state index contributed by atoms with van der Waals surface area (Å²) in [4.78, 5) is 0. The average molecular weight is 347 g/mol. The third-order valence-electron chi connectivity index (χ3n) is 4.80. The Morgan fingerprint density at radius 3 is 2.32 bits per heavy atom. The number of hydrogen-bond acceptors (Lipinski definition) is 1. The zero-order chi connectivity index (χ0) is 17.2. The number of allylic oxidation sites excluding steroid dienone is 1. The number of rotatable bonds is 2. The van der Waals surface area contributed by atoms with E-state index in [1.807, 2.05) is 30.3 Å². The Morgan fingerprint density at radius 2 is 1.52 bits per heavy atom. The monoisotopic (exact) mass is 346 g/mol. The second-order valence-corrected chi connectivity index (χ2v) is 6.80. The van der Waals surface area contributed by atoms with Gasteiger partial charge in [-0.05, 0) is 70.9 Å². The first-order chi connectivity index (χ1) is 12.2. The molecule has 124 valence electrons. The van der Waals surface area contributed by atoms with Gasteiger partial charge in [0, 0.05) is 5.02 Å². The Kier molecular flexibility index (Phi) is 4.33. The number of phenols is 1. The van der Waals surface area contributed by atoms with Crippen LogP contribution < -0.4 is 0 Å². The maximum Gasteiger partial charge on any atom is 0.116 e. The van der Waals surface area contributed by atoms with E-state index in [-0.39, 0.29) is 5.75 Å². The molecule has 4 rings (SSSR count). The highest BCUT2D eigenvalue weighted by atomic mass is 35.5. The molecule has 0 spiro atoms. The fourth-order valence-electron chi connectivity index (χ4n) is 3.69. The van der Waals surface area contributed by atoms with E-state index in [2.05, 4.69) is 36.4 Å². The summed E-state index contributed by atoms with van der Waals surface area (Å²) in [5.74, 6) is 0.283. The smallest absolute Gasteiger partial charge is 0.116 e. The van der Waals surface area contributed by atoms with E-state index in [0.29, 0.717) is 0 Å².